The summed E-state index contributed by atoms with van der Waals surface area (Å²) in [7, 11) is 1.53. The second kappa shape index (κ2) is 5.91. The lowest BCUT2D eigenvalue weighted by molar-refractivity contribution is -0.122. The lowest BCUT2D eigenvalue weighted by Gasteiger charge is -2.20. The van der Waals surface area contributed by atoms with Crippen molar-refractivity contribution in [2.24, 2.45) is 0 Å². The fourth-order valence-corrected chi connectivity index (χ4v) is 1.75. The van der Waals surface area contributed by atoms with E-state index < -0.39 is 23.7 Å². The number of nitrogens with one attached hydrogen (secondary N) is 2. The van der Waals surface area contributed by atoms with E-state index in [1.165, 1.54) is 20.0 Å². The van der Waals surface area contributed by atoms with E-state index in [9.17, 15) is 13.6 Å². The third-order valence-corrected chi connectivity index (χ3v) is 2.88. The monoisotopic (exact) mass is 256 g/mol. The average molecular weight is 256 g/mol. The number of benzene rings is 1. The van der Waals surface area contributed by atoms with Crippen LogP contribution in [-0.2, 0) is 4.79 Å². The lowest BCUT2D eigenvalue weighted by Crippen LogP contribution is -2.41. The normalized spacial score (nSPS) is 14.1. The number of halogens is 2. The van der Waals surface area contributed by atoms with Crippen molar-refractivity contribution in [3.8, 4) is 0 Å². The number of amides is 1. The number of carbonyl (C=O) groups is 1. The highest BCUT2D eigenvalue weighted by molar-refractivity contribution is 5.80. The van der Waals surface area contributed by atoms with Gasteiger partial charge in [0.2, 0.25) is 5.91 Å². The molecule has 1 amide bonds. The molecule has 3 nitrogen and oxygen atoms in total. The minimum Gasteiger partial charge on any atom is -0.358 e. The molecule has 0 radical (unpaired) electrons. The minimum atomic E-state index is -0.478. The summed E-state index contributed by atoms with van der Waals surface area (Å²) in [6, 6.07) is 1.40. The Morgan fingerprint density at radius 3 is 2.39 bits per heavy atom. The molecular formula is C13H18F2N2O. The molecule has 18 heavy (non-hydrogen) atoms. The van der Waals surface area contributed by atoms with Gasteiger partial charge in [-0.2, -0.15) is 0 Å². The van der Waals surface area contributed by atoms with E-state index in [0.29, 0.717) is 0 Å². The predicted molar refractivity (Wildman–Crippen MR) is 66.2 cm³/mol. The molecule has 1 aromatic rings. The van der Waals surface area contributed by atoms with Crippen molar-refractivity contribution in [1.82, 2.24) is 10.6 Å². The molecule has 0 aromatic heterocycles. The zero-order valence-corrected chi connectivity index (χ0v) is 11.0. The van der Waals surface area contributed by atoms with Crippen LogP contribution in [0.5, 0.6) is 0 Å². The van der Waals surface area contributed by atoms with Crippen LogP contribution in [0.4, 0.5) is 8.78 Å². The molecule has 0 spiro atoms. The Morgan fingerprint density at radius 1 is 1.22 bits per heavy atom. The number of hydrogen-bond donors (Lipinski definition) is 2. The molecule has 0 saturated carbocycles. The van der Waals surface area contributed by atoms with Crippen LogP contribution in [0.3, 0.4) is 0 Å². The van der Waals surface area contributed by atoms with Gasteiger partial charge in [-0.15, -0.1) is 0 Å². The Bertz CT molecular complexity index is 449. The Labute approximate surface area is 106 Å². The van der Waals surface area contributed by atoms with Crippen molar-refractivity contribution in [1.29, 1.82) is 0 Å². The van der Waals surface area contributed by atoms with Gasteiger partial charge in [-0.25, -0.2) is 8.78 Å². The first-order valence-electron chi connectivity index (χ1n) is 5.80. The van der Waals surface area contributed by atoms with Gasteiger partial charge in [0.15, 0.2) is 0 Å². The quantitative estimate of drug-likeness (QED) is 0.865. The Kier molecular flexibility index (Phi) is 4.78. The highest BCUT2D eigenvalue weighted by Crippen LogP contribution is 2.20. The van der Waals surface area contributed by atoms with Gasteiger partial charge in [0, 0.05) is 18.7 Å². The van der Waals surface area contributed by atoms with E-state index in [1.54, 1.807) is 13.8 Å². The molecule has 1 aromatic carbocycles. The van der Waals surface area contributed by atoms with E-state index in [1.807, 2.05) is 0 Å². The van der Waals surface area contributed by atoms with E-state index >= 15 is 0 Å². The number of likely N-dealkylation sites (N-methyl/N-ethyl adjacent to an activating group) is 1. The highest BCUT2D eigenvalue weighted by atomic mass is 19.1. The molecule has 0 aliphatic rings. The van der Waals surface area contributed by atoms with Gasteiger partial charge in [-0.3, -0.25) is 10.1 Å². The van der Waals surface area contributed by atoms with Gasteiger partial charge in [0.1, 0.15) is 11.6 Å². The molecule has 0 fully saturated rings. The first-order valence-corrected chi connectivity index (χ1v) is 5.80. The summed E-state index contributed by atoms with van der Waals surface area (Å²) in [5.41, 5.74) is 0.483. The van der Waals surface area contributed by atoms with Crippen molar-refractivity contribution in [2.45, 2.75) is 32.9 Å². The van der Waals surface area contributed by atoms with Crippen molar-refractivity contribution in [3.63, 3.8) is 0 Å². The van der Waals surface area contributed by atoms with Crippen LogP contribution < -0.4 is 10.6 Å². The molecule has 2 N–H and O–H groups in total. The lowest BCUT2D eigenvalue weighted by atomic mass is 10.0. The van der Waals surface area contributed by atoms with Crippen molar-refractivity contribution >= 4 is 5.91 Å². The van der Waals surface area contributed by atoms with Gasteiger partial charge in [-0.1, -0.05) is 0 Å². The topological polar surface area (TPSA) is 41.1 Å². The van der Waals surface area contributed by atoms with E-state index in [-0.39, 0.29) is 17.0 Å². The second-order valence-electron chi connectivity index (χ2n) is 4.35. The van der Waals surface area contributed by atoms with Gasteiger partial charge in [-0.05, 0) is 38.5 Å². The third-order valence-electron chi connectivity index (χ3n) is 2.88. The van der Waals surface area contributed by atoms with Gasteiger partial charge >= 0.3 is 0 Å². The smallest absolute Gasteiger partial charge is 0.236 e. The van der Waals surface area contributed by atoms with Crippen LogP contribution in [0, 0.1) is 18.6 Å². The molecular weight excluding hydrogens is 238 g/mol. The van der Waals surface area contributed by atoms with Crippen molar-refractivity contribution < 1.29 is 13.6 Å². The van der Waals surface area contributed by atoms with E-state index in [4.69, 9.17) is 0 Å². The fourth-order valence-electron chi connectivity index (χ4n) is 1.75. The zero-order valence-electron chi connectivity index (χ0n) is 11.0. The van der Waals surface area contributed by atoms with Crippen LogP contribution in [0.1, 0.15) is 31.0 Å². The maximum Gasteiger partial charge on any atom is 0.236 e. The number of aryl methyl sites for hydroxylation is 1. The summed E-state index contributed by atoms with van der Waals surface area (Å²) in [6.07, 6.45) is 0. The molecule has 5 heteroatoms. The summed E-state index contributed by atoms with van der Waals surface area (Å²) in [6.45, 7) is 4.86. The van der Waals surface area contributed by atoms with Crippen molar-refractivity contribution in [3.05, 3.63) is 34.9 Å². The number of rotatable bonds is 4. The molecule has 0 saturated heterocycles. The SMILES string of the molecule is CNC(=O)C(C)NC(C)c1cc(F)c(C)cc1F. The number of hydrogen-bond acceptors (Lipinski definition) is 2. The first-order chi connectivity index (χ1) is 8.36. The predicted octanol–water partition coefficient (Wildman–Crippen LogP) is 2.06. The number of carbonyl (C=O) groups excluding carboxylic acids is 1. The third kappa shape index (κ3) is 3.26. The van der Waals surface area contributed by atoms with Gasteiger partial charge < -0.3 is 5.32 Å². The summed E-state index contributed by atoms with van der Waals surface area (Å²) < 4.78 is 27.1. The largest absolute Gasteiger partial charge is 0.358 e. The Balaban J connectivity index is 2.87. The molecule has 2 unspecified atom stereocenters. The van der Waals surface area contributed by atoms with Crippen LogP contribution in [0.2, 0.25) is 0 Å². The van der Waals surface area contributed by atoms with Gasteiger partial charge in [0.25, 0.3) is 0 Å². The maximum absolute atomic E-state index is 13.7. The van der Waals surface area contributed by atoms with Crippen LogP contribution >= 0.6 is 0 Å². The minimum absolute atomic E-state index is 0.199. The summed E-state index contributed by atoms with van der Waals surface area (Å²) >= 11 is 0. The Hall–Kier alpha value is -1.49. The molecule has 0 aliphatic heterocycles. The molecule has 0 aliphatic carbocycles. The zero-order chi connectivity index (χ0) is 13.9. The highest BCUT2D eigenvalue weighted by Gasteiger charge is 2.18. The molecule has 0 heterocycles. The molecule has 0 bridgehead atoms. The van der Waals surface area contributed by atoms with Crippen LogP contribution in [0.25, 0.3) is 0 Å². The maximum atomic E-state index is 13.7. The van der Waals surface area contributed by atoms with Crippen LogP contribution in [0.15, 0.2) is 12.1 Å². The van der Waals surface area contributed by atoms with Crippen molar-refractivity contribution in [2.75, 3.05) is 7.05 Å². The average Bonchev–Trinajstić information content (AvgIpc) is 2.32. The summed E-state index contributed by atoms with van der Waals surface area (Å²) in [5, 5.41) is 5.40. The van der Waals surface area contributed by atoms with E-state index in [2.05, 4.69) is 10.6 Å². The molecule has 1 rings (SSSR count). The first kappa shape index (κ1) is 14.6. The second-order valence-corrected chi connectivity index (χ2v) is 4.35. The summed E-state index contributed by atoms with van der Waals surface area (Å²) in [5.74, 6) is -1.12. The van der Waals surface area contributed by atoms with Crippen LogP contribution in [-0.4, -0.2) is 19.0 Å². The standard InChI is InChI=1S/C13H18F2N2O/c1-7-5-12(15)10(6-11(7)14)8(2)17-9(3)13(18)16-4/h5-6,8-9,17H,1-4H3,(H,16,18). The molecule has 2 atom stereocenters. The fraction of sp³-hybridized carbons (Fsp3) is 0.462. The van der Waals surface area contributed by atoms with E-state index in [0.717, 1.165) is 6.07 Å². The molecule has 100 valence electrons. The van der Waals surface area contributed by atoms with Gasteiger partial charge in [0.05, 0.1) is 6.04 Å². The summed E-state index contributed by atoms with van der Waals surface area (Å²) in [4.78, 5) is 11.3. The Morgan fingerprint density at radius 2 is 1.83 bits per heavy atom.